The highest BCUT2D eigenvalue weighted by Gasteiger charge is 2.19. The molecule has 2 N–H and O–H groups in total. The third-order valence-electron chi connectivity index (χ3n) is 2.51. The third-order valence-corrected chi connectivity index (χ3v) is 3.89. The van der Waals surface area contributed by atoms with Crippen molar-refractivity contribution in [2.45, 2.75) is 12.5 Å². The Hall–Kier alpha value is -1.44. The summed E-state index contributed by atoms with van der Waals surface area (Å²) in [6, 6.07) is 8.00. The lowest BCUT2D eigenvalue weighted by molar-refractivity contribution is -0.140. The van der Waals surface area contributed by atoms with Crippen LogP contribution in [0, 0.1) is 0 Å². The van der Waals surface area contributed by atoms with Gasteiger partial charge in [-0.05, 0) is 5.56 Å². The summed E-state index contributed by atoms with van der Waals surface area (Å²) in [6.07, 6.45) is -0.223. The van der Waals surface area contributed by atoms with Crippen molar-refractivity contribution in [3.05, 3.63) is 35.9 Å². The summed E-state index contributed by atoms with van der Waals surface area (Å²) in [7, 11) is -2.46. The smallest absolute Gasteiger partial charge is 0.306 e. The minimum absolute atomic E-state index is 0.223. The van der Waals surface area contributed by atoms with Gasteiger partial charge in [-0.3, -0.25) is 4.79 Å². The Morgan fingerprint density at radius 3 is 2.53 bits per heavy atom. The van der Waals surface area contributed by atoms with Gasteiger partial charge < -0.3 is 9.84 Å². The molecule has 0 aliphatic heterocycles. The SMILES string of the molecule is COC(=O)CCS(=O)(=O)N[C@@H](CO)c1ccccc1. The average Bonchev–Trinajstić information content (AvgIpc) is 2.43. The molecule has 6 nitrogen and oxygen atoms in total. The highest BCUT2D eigenvalue weighted by molar-refractivity contribution is 7.89. The third kappa shape index (κ3) is 5.37. The fourth-order valence-electron chi connectivity index (χ4n) is 1.49. The number of aliphatic hydroxyl groups is 1. The summed E-state index contributed by atoms with van der Waals surface area (Å²) < 4.78 is 30.3. The number of sulfonamides is 1. The predicted molar refractivity (Wildman–Crippen MR) is 69.8 cm³/mol. The first-order valence-electron chi connectivity index (χ1n) is 5.71. The van der Waals surface area contributed by atoms with Gasteiger partial charge >= 0.3 is 5.97 Å². The number of nitrogens with one attached hydrogen (secondary N) is 1. The zero-order valence-corrected chi connectivity index (χ0v) is 11.4. The van der Waals surface area contributed by atoms with Crippen molar-refractivity contribution < 1.29 is 23.1 Å². The molecule has 1 aromatic rings. The van der Waals surface area contributed by atoms with Gasteiger partial charge in [0.15, 0.2) is 0 Å². The van der Waals surface area contributed by atoms with E-state index in [0.717, 1.165) is 0 Å². The van der Waals surface area contributed by atoms with Gasteiger partial charge in [0.25, 0.3) is 0 Å². The number of rotatable bonds is 7. The second kappa shape index (κ2) is 7.22. The van der Waals surface area contributed by atoms with Gasteiger partial charge in [0.05, 0.1) is 31.9 Å². The predicted octanol–water partition coefficient (Wildman–Crippen LogP) is 0.203. The molecule has 0 spiro atoms. The van der Waals surface area contributed by atoms with E-state index in [1.165, 1.54) is 7.11 Å². The Labute approximate surface area is 112 Å². The molecule has 0 aliphatic carbocycles. The Morgan fingerprint density at radius 2 is 2.00 bits per heavy atom. The average molecular weight is 287 g/mol. The van der Waals surface area contributed by atoms with Crippen molar-refractivity contribution in [3.8, 4) is 0 Å². The van der Waals surface area contributed by atoms with Crippen molar-refractivity contribution in [2.75, 3.05) is 19.5 Å². The number of methoxy groups -OCH3 is 1. The molecule has 0 saturated heterocycles. The molecule has 0 saturated carbocycles. The molecule has 0 bridgehead atoms. The maximum absolute atomic E-state index is 11.8. The van der Waals surface area contributed by atoms with Crippen LogP contribution in [0.2, 0.25) is 0 Å². The van der Waals surface area contributed by atoms with Gasteiger partial charge in [0, 0.05) is 0 Å². The van der Waals surface area contributed by atoms with Crippen molar-refractivity contribution in [3.63, 3.8) is 0 Å². The molecule has 106 valence electrons. The van der Waals surface area contributed by atoms with E-state index in [2.05, 4.69) is 9.46 Å². The summed E-state index contributed by atoms with van der Waals surface area (Å²) in [5.41, 5.74) is 0.659. The van der Waals surface area contributed by atoms with Crippen LogP contribution in [-0.4, -0.2) is 39.0 Å². The number of hydrogen-bond acceptors (Lipinski definition) is 5. The highest BCUT2D eigenvalue weighted by atomic mass is 32.2. The van der Waals surface area contributed by atoms with E-state index in [0.29, 0.717) is 5.56 Å². The quantitative estimate of drug-likeness (QED) is 0.699. The van der Waals surface area contributed by atoms with E-state index in [4.69, 9.17) is 0 Å². The second-order valence-corrected chi connectivity index (χ2v) is 5.78. The van der Waals surface area contributed by atoms with E-state index in [-0.39, 0.29) is 18.8 Å². The van der Waals surface area contributed by atoms with Gasteiger partial charge in [0.2, 0.25) is 10.0 Å². The van der Waals surface area contributed by atoms with Crippen LogP contribution >= 0.6 is 0 Å². The van der Waals surface area contributed by atoms with E-state index < -0.39 is 22.0 Å². The fraction of sp³-hybridized carbons (Fsp3) is 0.417. The van der Waals surface area contributed by atoms with E-state index in [1.807, 2.05) is 0 Å². The van der Waals surface area contributed by atoms with Crippen LogP contribution in [0.15, 0.2) is 30.3 Å². The molecule has 0 aromatic heterocycles. The summed E-state index contributed by atoms with van der Waals surface area (Å²) in [4.78, 5) is 10.9. The summed E-state index contributed by atoms with van der Waals surface area (Å²) in [5, 5.41) is 9.25. The summed E-state index contributed by atoms with van der Waals surface area (Å²) in [5.74, 6) is -0.964. The van der Waals surface area contributed by atoms with Crippen LogP contribution < -0.4 is 4.72 Å². The highest BCUT2D eigenvalue weighted by Crippen LogP contribution is 2.13. The summed E-state index contributed by atoms with van der Waals surface area (Å²) >= 11 is 0. The number of ether oxygens (including phenoxy) is 1. The van der Waals surface area contributed by atoms with Gasteiger partial charge in [-0.2, -0.15) is 0 Å². The van der Waals surface area contributed by atoms with Crippen molar-refractivity contribution in [2.24, 2.45) is 0 Å². The van der Waals surface area contributed by atoms with Crippen molar-refractivity contribution in [1.29, 1.82) is 0 Å². The standard InChI is InChI=1S/C12H17NO5S/c1-18-12(15)7-8-19(16,17)13-11(9-14)10-5-3-2-4-6-10/h2-6,11,13-14H,7-9H2,1H3/t11-/m0/s1. The zero-order valence-electron chi connectivity index (χ0n) is 10.6. The summed E-state index contributed by atoms with van der Waals surface area (Å²) in [6.45, 7) is -0.360. The van der Waals surface area contributed by atoms with Crippen LogP contribution in [0.3, 0.4) is 0 Å². The molecule has 19 heavy (non-hydrogen) atoms. The Balaban J connectivity index is 2.67. The number of aliphatic hydroxyl groups excluding tert-OH is 1. The second-order valence-electron chi connectivity index (χ2n) is 3.91. The lowest BCUT2D eigenvalue weighted by Crippen LogP contribution is -2.33. The van der Waals surface area contributed by atoms with Crippen LogP contribution in [0.1, 0.15) is 18.0 Å². The van der Waals surface area contributed by atoms with Crippen molar-refractivity contribution in [1.82, 2.24) is 4.72 Å². The molecule has 1 rings (SSSR count). The normalized spacial score (nSPS) is 12.9. The zero-order chi connectivity index (χ0) is 14.3. The van der Waals surface area contributed by atoms with Crippen LogP contribution in [-0.2, 0) is 19.6 Å². The minimum atomic E-state index is -3.66. The van der Waals surface area contributed by atoms with Gasteiger partial charge in [-0.25, -0.2) is 13.1 Å². The fourth-order valence-corrected chi connectivity index (χ4v) is 2.69. The number of benzene rings is 1. The lowest BCUT2D eigenvalue weighted by atomic mass is 10.1. The van der Waals surface area contributed by atoms with E-state index in [9.17, 15) is 18.3 Å². The lowest BCUT2D eigenvalue weighted by Gasteiger charge is -2.16. The number of carbonyl (C=O) groups is 1. The topological polar surface area (TPSA) is 92.7 Å². The number of carbonyl (C=O) groups excluding carboxylic acids is 1. The maximum Gasteiger partial charge on any atom is 0.306 e. The molecular weight excluding hydrogens is 270 g/mol. The Bertz CT molecular complexity index is 500. The van der Waals surface area contributed by atoms with Gasteiger partial charge in [0.1, 0.15) is 0 Å². The van der Waals surface area contributed by atoms with Crippen LogP contribution in [0.25, 0.3) is 0 Å². The van der Waals surface area contributed by atoms with Crippen molar-refractivity contribution >= 4 is 16.0 Å². The van der Waals surface area contributed by atoms with E-state index in [1.54, 1.807) is 30.3 Å². The Kier molecular flexibility index (Phi) is 5.94. The molecule has 0 amide bonds. The van der Waals surface area contributed by atoms with E-state index >= 15 is 0 Å². The first-order chi connectivity index (χ1) is 8.98. The van der Waals surface area contributed by atoms with Gasteiger partial charge in [-0.1, -0.05) is 30.3 Å². The Morgan fingerprint density at radius 1 is 1.37 bits per heavy atom. The maximum atomic E-state index is 11.8. The van der Waals surface area contributed by atoms with Crippen LogP contribution in [0.5, 0.6) is 0 Å². The number of esters is 1. The molecule has 7 heteroatoms. The molecule has 0 heterocycles. The molecule has 1 aromatic carbocycles. The molecular formula is C12H17NO5S. The number of hydrogen-bond donors (Lipinski definition) is 2. The van der Waals surface area contributed by atoms with Crippen LogP contribution in [0.4, 0.5) is 0 Å². The molecule has 0 unspecified atom stereocenters. The molecule has 0 aliphatic rings. The first-order valence-corrected chi connectivity index (χ1v) is 7.36. The monoisotopic (exact) mass is 287 g/mol. The first kappa shape index (κ1) is 15.6. The molecule has 1 atom stereocenters. The largest absolute Gasteiger partial charge is 0.469 e. The van der Waals surface area contributed by atoms with Gasteiger partial charge in [-0.15, -0.1) is 0 Å². The molecule has 0 radical (unpaired) electrons. The molecule has 0 fully saturated rings. The minimum Gasteiger partial charge on any atom is -0.469 e.